The van der Waals surface area contributed by atoms with Crippen molar-refractivity contribution in [2.75, 3.05) is 0 Å². The van der Waals surface area contributed by atoms with Crippen LogP contribution in [0.25, 0.3) is 0 Å². The maximum absolute atomic E-state index is 4.38. The Labute approximate surface area is 111 Å². The Bertz CT molecular complexity index is 350. The molecule has 1 aromatic heterocycles. The van der Waals surface area contributed by atoms with Crippen molar-refractivity contribution in [3.63, 3.8) is 0 Å². The lowest BCUT2D eigenvalue weighted by Gasteiger charge is -2.28. The summed E-state index contributed by atoms with van der Waals surface area (Å²) >= 11 is 0. The van der Waals surface area contributed by atoms with Crippen molar-refractivity contribution in [1.82, 2.24) is 15.1 Å². The molecule has 1 fully saturated rings. The number of hydrogen-bond donors (Lipinski definition) is 1. The fourth-order valence-electron chi connectivity index (χ4n) is 2.83. The van der Waals surface area contributed by atoms with Crippen LogP contribution in [0.3, 0.4) is 0 Å². The van der Waals surface area contributed by atoms with Gasteiger partial charge in [0.05, 0.1) is 6.20 Å². The number of aromatic nitrogens is 2. The number of nitrogens with one attached hydrogen (secondary N) is 1. The average Bonchev–Trinajstić information content (AvgIpc) is 2.86. The lowest BCUT2D eigenvalue weighted by Crippen LogP contribution is -2.34. The van der Waals surface area contributed by atoms with E-state index in [2.05, 4.69) is 37.4 Å². The lowest BCUT2D eigenvalue weighted by molar-refractivity contribution is 0.280. The fraction of sp³-hybridized carbons (Fsp3) is 0.800. The zero-order valence-corrected chi connectivity index (χ0v) is 12.0. The second-order valence-corrected chi connectivity index (χ2v) is 5.99. The Balaban J connectivity index is 1.79. The number of hydrogen-bond acceptors (Lipinski definition) is 2. The van der Waals surface area contributed by atoms with E-state index in [-0.39, 0.29) is 0 Å². The van der Waals surface area contributed by atoms with Gasteiger partial charge in [0.1, 0.15) is 0 Å². The molecule has 3 nitrogen and oxygen atoms in total. The summed E-state index contributed by atoms with van der Waals surface area (Å²) in [5.41, 5.74) is 1.30. The first-order valence-corrected chi connectivity index (χ1v) is 7.43. The van der Waals surface area contributed by atoms with Gasteiger partial charge in [0.15, 0.2) is 0 Å². The zero-order valence-electron chi connectivity index (χ0n) is 12.0. The van der Waals surface area contributed by atoms with E-state index in [1.807, 2.05) is 10.9 Å². The van der Waals surface area contributed by atoms with Crippen molar-refractivity contribution >= 4 is 0 Å². The molecule has 2 rings (SSSR count). The molecule has 1 unspecified atom stereocenters. The van der Waals surface area contributed by atoms with Crippen molar-refractivity contribution in [3.05, 3.63) is 18.0 Å². The molecule has 0 saturated heterocycles. The minimum absolute atomic E-state index is 0.453. The Hall–Kier alpha value is -0.830. The van der Waals surface area contributed by atoms with Crippen LogP contribution in [0.2, 0.25) is 0 Å². The molecule has 1 atom stereocenters. The minimum atomic E-state index is 0.453. The molecule has 3 heteroatoms. The van der Waals surface area contributed by atoms with Crippen LogP contribution < -0.4 is 5.32 Å². The van der Waals surface area contributed by atoms with E-state index in [0.717, 1.165) is 12.5 Å². The predicted octanol–water partition coefficient (Wildman–Crippen LogP) is 3.52. The van der Waals surface area contributed by atoms with Crippen LogP contribution in [0.15, 0.2) is 12.4 Å². The van der Waals surface area contributed by atoms with Crippen LogP contribution in [-0.4, -0.2) is 15.8 Å². The number of nitrogens with zero attached hydrogens (tertiary/aromatic N) is 2. The lowest BCUT2D eigenvalue weighted by atomic mass is 9.84. The average molecular weight is 249 g/mol. The summed E-state index contributed by atoms with van der Waals surface area (Å²) < 4.78 is 2.03. The van der Waals surface area contributed by atoms with Crippen LogP contribution in [0, 0.1) is 5.92 Å². The summed E-state index contributed by atoms with van der Waals surface area (Å²) in [7, 11) is 0. The van der Waals surface area contributed by atoms with Crippen molar-refractivity contribution in [1.29, 1.82) is 0 Å². The van der Waals surface area contributed by atoms with Crippen LogP contribution in [0.1, 0.15) is 64.5 Å². The summed E-state index contributed by atoms with van der Waals surface area (Å²) in [6, 6.07) is 1.09. The highest BCUT2D eigenvalue weighted by atomic mass is 15.3. The van der Waals surface area contributed by atoms with E-state index in [1.165, 1.54) is 37.7 Å². The molecule has 1 aromatic rings. The van der Waals surface area contributed by atoms with Gasteiger partial charge < -0.3 is 5.32 Å². The van der Waals surface area contributed by atoms with Crippen molar-refractivity contribution in [2.24, 2.45) is 5.92 Å². The van der Waals surface area contributed by atoms with Gasteiger partial charge in [-0.2, -0.15) is 5.10 Å². The van der Waals surface area contributed by atoms with Gasteiger partial charge >= 0.3 is 0 Å². The smallest absolute Gasteiger partial charge is 0.0534 e. The van der Waals surface area contributed by atoms with E-state index >= 15 is 0 Å². The fourth-order valence-corrected chi connectivity index (χ4v) is 2.83. The third kappa shape index (κ3) is 3.58. The van der Waals surface area contributed by atoms with E-state index in [9.17, 15) is 0 Å². The van der Waals surface area contributed by atoms with Crippen LogP contribution in [0.5, 0.6) is 0 Å². The highest BCUT2D eigenvalue weighted by Gasteiger charge is 2.19. The second kappa shape index (κ2) is 6.37. The van der Waals surface area contributed by atoms with Gasteiger partial charge in [0, 0.05) is 30.4 Å². The summed E-state index contributed by atoms with van der Waals surface area (Å²) in [4.78, 5) is 0. The van der Waals surface area contributed by atoms with E-state index < -0.39 is 0 Å². The third-order valence-electron chi connectivity index (χ3n) is 4.17. The molecule has 0 bridgehead atoms. The summed E-state index contributed by atoms with van der Waals surface area (Å²) in [6.07, 6.45) is 11.2. The van der Waals surface area contributed by atoms with Gasteiger partial charge in [0.2, 0.25) is 0 Å². The van der Waals surface area contributed by atoms with Gasteiger partial charge in [-0.25, -0.2) is 0 Å². The van der Waals surface area contributed by atoms with E-state index in [0.29, 0.717) is 12.1 Å². The molecule has 1 N–H and O–H groups in total. The molecule has 0 radical (unpaired) electrons. The molecule has 0 amide bonds. The summed E-state index contributed by atoms with van der Waals surface area (Å²) in [5, 5.41) is 8.05. The Morgan fingerprint density at radius 3 is 2.61 bits per heavy atom. The first-order chi connectivity index (χ1) is 8.66. The second-order valence-electron chi connectivity index (χ2n) is 5.99. The predicted molar refractivity (Wildman–Crippen MR) is 75.5 cm³/mol. The van der Waals surface area contributed by atoms with Crippen molar-refractivity contribution < 1.29 is 0 Å². The molecular weight excluding hydrogens is 222 g/mol. The number of rotatable bonds is 5. The van der Waals surface area contributed by atoms with Crippen molar-refractivity contribution in [3.8, 4) is 0 Å². The molecule has 0 aromatic carbocycles. The monoisotopic (exact) mass is 249 g/mol. The van der Waals surface area contributed by atoms with Gasteiger partial charge in [-0.1, -0.05) is 19.3 Å². The maximum atomic E-state index is 4.38. The molecule has 1 aliphatic rings. The minimum Gasteiger partial charge on any atom is -0.310 e. The van der Waals surface area contributed by atoms with Crippen LogP contribution in [0.4, 0.5) is 0 Å². The first-order valence-electron chi connectivity index (χ1n) is 7.43. The van der Waals surface area contributed by atoms with Gasteiger partial charge in [-0.15, -0.1) is 0 Å². The molecule has 102 valence electrons. The van der Waals surface area contributed by atoms with Crippen LogP contribution >= 0.6 is 0 Å². The van der Waals surface area contributed by atoms with E-state index in [4.69, 9.17) is 0 Å². The maximum Gasteiger partial charge on any atom is 0.0534 e. The van der Waals surface area contributed by atoms with E-state index in [1.54, 1.807) is 0 Å². The SMILES string of the molecule is CC(NCc1cnn(C(C)C)c1)C1CCCCC1. The summed E-state index contributed by atoms with van der Waals surface area (Å²) in [6.45, 7) is 7.61. The topological polar surface area (TPSA) is 29.9 Å². The van der Waals surface area contributed by atoms with Gasteiger partial charge in [0.25, 0.3) is 0 Å². The highest BCUT2D eigenvalue weighted by molar-refractivity contribution is 5.04. The van der Waals surface area contributed by atoms with Crippen molar-refractivity contribution in [2.45, 2.75) is 71.5 Å². The molecule has 1 heterocycles. The quantitative estimate of drug-likeness (QED) is 0.865. The van der Waals surface area contributed by atoms with Gasteiger partial charge in [-0.05, 0) is 39.5 Å². The molecular formula is C15H27N3. The van der Waals surface area contributed by atoms with Gasteiger partial charge in [-0.3, -0.25) is 4.68 Å². The third-order valence-corrected chi connectivity index (χ3v) is 4.17. The normalized spacial score (nSPS) is 19.3. The standard InChI is InChI=1S/C15H27N3/c1-12(2)18-11-14(10-17-18)9-16-13(3)15-7-5-4-6-8-15/h10-13,15-16H,4-9H2,1-3H3. The summed E-state index contributed by atoms with van der Waals surface area (Å²) in [5.74, 6) is 0.874. The largest absolute Gasteiger partial charge is 0.310 e. The Morgan fingerprint density at radius 2 is 2.00 bits per heavy atom. The highest BCUT2D eigenvalue weighted by Crippen LogP contribution is 2.26. The molecule has 18 heavy (non-hydrogen) atoms. The van der Waals surface area contributed by atoms with Crippen LogP contribution in [-0.2, 0) is 6.54 Å². The molecule has 1 saturated carbocycles. The molecule has 0 spiro atoms. The first kappa shape index (κ1) is 13.6. The molecule has 0 aliphatic heterocycles. The zero-order chi connectivity index (χ0) is 13.0. The Morgan fingerprint density at radius 1 is 1.28 bits per heavy atom. The Kier molecular flexibility index (Phi) is 4.81. The molecule has 1 aliphatic carbocycles.